The number of benzene rings is 1. The van der Waals surface area contributed by atoms with E-state index in [0.717, 1.165) is 12.1 Å². The Hall–Kier alpha value is -1.49. The minimum Gasteiger partial charge on any atom is -0.467 e. The van der Waals surface area contributed by atoms with Crippen LogP contribution in [0, 0.1) is 17.6 Å². The molecule has 0 radical (unpaired) electrons. The molecule has 0 saturated carbocycles. The molecule has 2 rings (SSSR count). The average molecular weight is 270 g/mol. The van der Waals surface area contributed by atoms with Gasteiger partial charge in [0.2, 0.25) is 5.60 Å². The zero-order valence-corrected chi connectivity index (χ0v) is 11.3. The van der Waals surface area contributed by atoms with Gasteiger partial charge in [0.05, 0.1) is 7.11 Å². The third-order valence-electron chi connectivity index (χ3n) is 3.80. The average Bonchev–Trinajstić information content (AvgIpc) is 3.01. The molecule has 1 heterocycles. The Morgan fingerprint density at radius 3 is 2.42 bits per heavy atom. The highest BCUT2D eigenvalue weighted by Gasteiger charge is 2.75. The van der Waals surface area contributed by atoms with E-state index in [9.17, 15) is 13.6 Å². The van der Waals surface area contributed by atoms with Crippen molar-refractivity contribution in [2.75, 3.05) is 7.11 Å². The molecule has 19 heavy (non-hydrogen) atoms. The zero-order valence-electron chi connectivity index (χ0n) is 11.3. The van der Waals surface area contributed by atoms with Crippen LogP contribution in [0.1, 0.15) is 26.3 Å². The van der Waals surface area contributed by atoms with E-state index in [1.54, 1.807) is 6.92 Å². The van der Waals surface area contributed by atoms with E-state index < -0.39 is 28.8 Å². The van der Waals surface area contributed by atoms with Gasteiger partial charge in [-0.05, 0) is 30.5 Å². The quantitative estimate of drug-likeness (QED) is 0.626. The van der Waals surface area contributed by atoms with Crippen LogP contribution in [0.15, 0.2) is 18.2 Å². The molecule has 2 unspecified atom stereocenters. The highest BCUT2D eigenvalue weighted by molar-refractivity contribution is 5.85. The van der Waals surface area contributed by atoms with Crippen molar-refractivity contribution < 1.29 is 23.0 Å². The number of rotatable bonds is 3. The van der Waals surface area contributed by atoms with Crippen molar-refractivity contribution in [3.63, 3.8) is 0 Å². The summed E-state index contributed by atoms with van der Waals surface area (Å²) >= 11 is 0. The van der Waals surface area contributed by atoms with E-state index >= 15 is 0 Å². The molecule has 0 amide bonds. The number of hydrogen-bond donors (Lipinski definition) is 0. The number of ether oxygens (including phenoxy) is 2. The molecule has 1 saturated heterocycles. The third-order valence-corrected chi connectivity index (χ3v) is 3.80. The van der Waals surface area contributed by atoms with E-state index in [1.807, 2.05) is 13.8 Å². The summed E-state index contributed by atoms with van der Waals surface area (Å²) in [6, 6.07) is 3.51. The SMILES string of the molecule is COC(=O)C1(C(C)C)OC1(C)c1ccc(F)c(F)c1. The number of methoxy groups -OCH3 is 1. The van der Waals surface area contributed by atoms with Crippen molar-refractivity contribution in [3.8, 4) is 0 Å². The van der Waals surface area contributed by atoms with Crippen LogP contribution in [0.25, 0.3) is 0 Å². The predicted octanol–water partition coefficient (Wildman–Crippen LogP) is 2.78. The van der Waals surface area contributed by atoms with Crippen LogP contribution in [-0.2, 0) is 19.9 Å². The predicted molar refractivity (Wildman–Crippen MR) is 64.4 cm³/mol. The maximum Gasteiger partial charge on any atom is 0.341 e. The second-order valence-electron chi connectivity index (χ2n) is 5.15. The first kappa shape index (κ1) is 13.9. The fourth-order valence-corrected chi connectivity index (χ4v) is 2.66. The standard InChI is InChI=1S/C14H16F2O3/c1-8(2)14(12(17)18-4)13(3,19-14)9-5-6-10(15)11(16)7-9/h5-8H,1-4H3. The number of esters is 1. The van der Waals surface area contributed by atoms with Crippen LogP contribution in [-0.4, -0.2) is 18.7 Å². The monoisotopic (exact) mass is 270 g/mol. The number of halogens is 2. The molecule has 0 spiro atoms. The molecule has 0 bridgehead atoms. The van der Waals surface area contributed by atoms with Crippen molar-refractivity contribution in [3.05, 3.63) is 35.4 Å². The molecule has 0 aromatic heterocycles. The molecule has 1 aliphatic heterocycles. The summed E-state index contributed by atoms with van der Waals surface area (Å²) in [6.45, 7) is 5.32. The molecule has 104 valence electrons. The third kappa shape index (κ3) is 1.75. The van der Waals surface area contributed by atoms with Gasteiger partial charge in [-0.2, -0.15) is 0 Å². The topological polar surface area (TPSA) is 38.8 Å². The summed E-state index contributed by atoms with van der Waals surface area (Å²) in [5.41, 5.74) is -1.72. The Bertz CT molecular complexity index is 529. The first-order chi connectivity index (χ1) is 8.79. The van der Waals surface area contributed by atoms with Crippen molar-refractivity contribution in [1.82, 2.24) is 0 Å². The van der Waals surface area contributed by atoms with Gasteiger partial charge in [0.25, 0.3) is 0 Å². The number of hydrogen-bond acceptors (Lipinski definition) is 3. The lowest BCUT2D eigenvalue weighted by atomic mass is 9.80. The van der Waals surface area contributed by atoms with Crippen LogP contribution in [0.5, 0.6) is 0 Å². The summed E-state index contributed by atoms with van der Waals surface area (Å²) < 4.78 is 36.7. The first-order valence-electron chi connectivity index (χ1n) is 6.03. The van der Waals surface area contributed by atoms with E-state index in [-0.39, 0.29) is 5.92 Å². The zero-order chi connectivity index (χ0) is 14.4. The van der Waals surface area contributed by atoms with Gasteiger partial charge in [0, 0.05) is 0 Å². The first-order valence-corrected chi connectivity index (χ1v) is 6.03. The molecule has 5 heteroatoms. The van der Waals surface area contributed by atoms with Crippen LogP contribution in [0.2, 0.25) is 0 Å². The van der Waals surface area contributed by atoms with Gasteiger partial charge < -0.3 is 9.47 Å². The lowest BCUT2D eigenvalue weighted by Crippen LogP contribution is -2.37. The molecular formula is C14H16F2O3. The second-order valence-corrected chi connectivity index (χ2v) is 5.15. The van der Waals surface area contributed by atoms with Gasteiger partial charge in [-0.25, -0.2) is 13.6 Å². The second kappa shape index (κ2) is 4.27. The summed E-state index contributed by atoms with van der Waals surface area (Å²) in [7, 11) is 1.28. The summed E-state index contributed by atoms with van der Waals surface area (Å²) in [4.78, 5) is 12.0. The highest BCUT2D eigenvalue weighted by Crippen LogP contribution is 2.60. The molecule has 0 N–H and O–H groups in total. The van der Waals surface area contributed by atoms with E-state index in [2.05, 4.69) is 0 Å². The van der Waals surface area contributed by atoms with Gasteiger partial charge in [0.1, 0.15) is 5.60 Å². The normalized spacial score (nSPS) is 29.4. The van der Waals surface area contributed by atoms with Crippen molar-refractivity contribution in [2.24, 2.45) is 5.92 Å². The molecule has 0 aliphatic carbocycles. The summed E-state index contributed by atoms with van der Waals surface area (Å²) in [6.07, 6.45) is 0. The highest BCUT2D eigenvalue weighted by atomic mass is 19.2. The molecule has 1 aromatic rings. The van der Waals surface area contributed by atoms with Crippen LogP contribution in [0.3, 0.4) is 0 Å². The number of carbonyl (C=O) groups is 1. The Balaban J connectivity index is 2.45. The van der Waals surface area contributed by atoms with Gasteiger partial charge >= 0.3 is 5.97 Å². The minimum absolute atomic E-state index is 0.155. The molecule has 1 aromatic carbocycles. The van der Waals surface area contributed by atoms with Crippen molar-refractivity contribution in [2.45, 2.75) is 32.0 Å². The van der Waals surface area contributed by atoms with Crippen LogP contribution in [0.4, 0.5) is 8.78 Å². The van der Waals surface area contributed by atoms with Gasteiger partial charge in [0.15, 0.2) is 11.6 Å². The maximum atomic E-state index is 13.3. The smallest absolute Gasteiger partial charge is 0.341 e. The largest absolute Gasteiger partial charge is 0.467 e. The van der Waals surface area contributed by atoms with Crippen LogP contribution >= 0.6 is 0 Å². The van der Waals surface area contributed by atoms with Crippen molar-refractivity contribution >= 4 is 5.97 Å². The lowest BCUT2D eigenvalue weighted by Gasteiger charge is -2.18. The lowest BCUT2D eigenvalue weighted by molar-refractivity contribution is -0.148. The molecule has 1 fully saturated rings. The van der Waals surface area contributed by atoms with Crippen LogP contribution < -0.4 is 0 Å². The number of epoxide rings is 1. The summed E-state index contributed by atoms with van der Waals surface area (Å²) in [5.74, 6) is -2.55. The minimum atomic E-state index is -1.15. The Labute approximate surface area is 110 Å². The molecule has 3 nitrogen and oxygen atoms in total. The Morgan fingerprint density at radius 1 is 1.32 bits per heavy atom. The van der Waals surface area contributed by atoms with Gasteiger partial charge in [-0.1, -0.05) is 19.9 Å². The van der Waals surface area contributed by atoms with Gasteiger partial charge in [-0.3, -0.25) is 0 Å². The van der Waals surface area contributed by atoms with E-state index in [1.165, 1.54) is 13.2 Å². The molecule has 2 atom stereocenters. The molecule has 1 aliphatic rings. The van der Waals surface area contributed by atoms with Crippen molar-refractivity contribution in [1.29, 1.82) is 0 Å². The Morgan fingerprint density at radius 2 is 1.95 bits per heavy atom. The van der Waals surface area contributed by atoms with E-state index in [4.69, 9.17) is 9.47 Å². The van der Waals surface area contributed by atoms with E-state index in [0.29, 0.717) is 5.56 Å². The summed E-state index contributed by atoms with van der Waals surface area (Å²) in [5, 5.41) is 0. The molecular weight excluding hydrogens is 254 g/mol. The number of carbonyl (C=O) groups excluding carboxylic acids is 1. The van der Waals surface area contributed by atoms with Gasteiger partial charge in [-0.15, -0.1) is 0 Å². The fourth-order valence-electron chi connectivity index (χ4n) is 2.66. The fraction of sp³-hybridized carbons (Fsp3) is 0.500. The maximum absolute atomic E-state index is 13.3. The Kier molecular flexibility index (Phi) is 3.13.